The number of nitro groups is 1. The molecule has 1 N–H and O–H groups in total. The molecule has 1 heterocycles. The molecule has 1 saturated carbocycles. The number of nitrogens with one attached hydrogen (secondary N) is 1. The Hall–Kier alpha value is -2.63. The molecule has 3 rings (SSSR count). The number of hydrogen-bond donors (Lipinski definition) is 1. The zero-order valence-electron chi connectivity index (χ0n) is 12.6. The number of rotatable bonds is 5. The van der Waals surface area contributed by atoms with E-state index in [-0.39, 0.29) is 17.6 Å². The van der Waals surface area contributed by atoms with Crippen molar-refractivity contribution in [1.29, 1.82) is 0 Å². The number of carbonyl (C=O) groups is 1. The van der Waals surface area contributed by atoms with Crippen molar-refractivity contribution in [1.82, 2.24) is 5.32 Å². The number of non-ortho nitro benzene ring substituents is 1. The van der Waals surface area contributed by atoms with E-state index >= 15 is 0 Å². The Balaban J connectivity index is 1.63. The van der Waals surface area contributed by atoms with Gasteiger partial charge in [-0.2, -0.15) is 0 Å². The number of amides is 1. The molecule has 2 unspecified atom stereocenters. The first-order chi connectivity index (χ1) is 11.1. The molecule has 0 bridgehead atoms. The molecule has 6 heteroatoms. The largest absolute Gasteiger partial charge is 0.472 e. The van der Waals surface area contributed by atoms with Gasteiger partial charge >= 0.3 is 0 Å². The van der Waals surface area contributed by atoms with E-state index in [4.69, 9.17) is 4.42 Å². The Morgan fingerprint density at radius 1 is 1.26 bits per heavy atom. The molecule has 23 heavy (non-hydrogen) atoms. The molecule has 0 spiro atoms. The number of nitrogens with zero attached hydrogens (tertiary/aromatic N) is 1. The normalized spacial score (nSPS) is 20.3. The molecule has 1 aliphatic carbocycles. The van der Waals surface area contributed by atoms with Crippen LogP contribution < -0.4 is 5.32 Å². The second-order valence-electron chi connectivity index (χ2n) is 5.91. The van der Waals surface area contributed by atoms with Gasteiger partial charge in [0, 0.05) is 23.7 Å². The molecule has 2 atom stereocenters. The van der Waals surface area contributed by atoms with E-state index in [1.54, 1.807) is 12.5 Å². The summed E-state index contributed by atoms with van der Waals surface area (Å²) in [5, 5.41) is 13.7. The van der Waals surface area contributed by atoms with Crippen LogP contribution in [0.25, 0.3) is 0 Å². The Morgan fingerprint density at radius 3 is 2.70 bits per heavy atom. The molecular weight excluding hydrogens is 296 g/mol. The highest BCUT2D eigenvalue weighted by molar-refractivity contribution is 5.94. The van der Waals surface area contributed by atoms with Gasteiger partial charge in [-0.1, -0.05) is 6.42 Å². The first-order valence-electron chi connectivity index (χ1n) is 7.70. The summed E-state index contributed by atoms with van der Waals surface area (Å²) in [6.07, 6.45) is 7.43. The maximum absolute atomic E-state index is 12.3. The fourth-order valence-electron chi connectivity index (χ4n) is 3.17. The number of furan rings is 1. The van der Waals surface area contributed by atoms with Gasteiger partial charge in [-0.05, 0) is 48.9 Å². The Labute approximate surface area is 133 Å². The van der Waals surface area contributed by atoms with Gasteiger partial charge < -0.3 is 9.73 Å². The summed E-state index contributed by atoms with van der Waals surface area (Å²) in [5.74, 6) is 0.221. The summed E-state index contributed by atoms with van der Waals surface area (Å²) >= 11 is 0. The fourth-order valence-corrected chi connectivity index (χ4v) is 3.17. The van der Waals surface area contributed by atoms with Gasteiger partial charge in [-0.15, -0.1) is 0 Å². The molecule has 120 valence electrons. The van der Waals surface area contributed by atoms with Gasteiger partial charge in [0.2, 0.25) is 0 Å². The van der Waals surface area contributed by atoms with Crippen molar-refractivity contribution in [2.24, 2.45) is 5.92 Å². The zero-order chi connectivity index (χ0) is 16.2. The highest BCUT2D eigenvalue weighted by Crippen LogP contribution is 2.29. The van der Waals surface area contributed by atoms with E-state index in [1.807, 2.05) is 6.07 Å². The number of carbonyl (C=O) groups excluding carboxylic acids is 1. The summed E-state index contributed by atoms with van der Waals surface area (Å²) in [6.45, 7) is 0. The Bertz CT molecular complexity index is 679. The van der Waals surface area contributed by atoms with E-state index in [2.05, 4.69) is 5.32 Å². The predicted octanol–water partition coefficient (Wildman–Crippen LogP) is 3.33. The number of benzene rings is 1. The maximum Gasteiger partial charge on any atom is 0.269 e. The van der Waals surface area contributed by atoms with Crippen LogP contribution in [0.1, 0.15) is 35.2 Å². The second kappa shape index (κ2) is 6.64. The first kappa shape index (κ1) is 15.3. The van der Waals surface area contributed by atoms with E-state index in [0.717, 1.165) is 31.2 Å². The Morgan fingerprint density at radius 2 is 2.04 bits per heavy atom. The lowest BCUT2D eigenvalue weighted by atomic mass is 9.96. The van der Waals surface area contributed by atoms with Crippen LogP contribution in [0.15, 0.2) is 47.3 Å². The van der Waals surface area contributed by atoms with Crippen molar-refractivity contribution in [3.8, 4) is 0 Å². The average Bonchev–Trinajstić information content (AvgIpc) is 3.20. The van der Waals surface area contributed by atoms with Gasteiger partial charge in [-0.25, -0.2) is 0 Å². The van der Waals surface area contributed by atoms with E-state index < -0.39 is 4.92 Å². The maximum atomic E-state index is 12.3. The zero-order valence-corrected chi connectivity index (χ0v) is 12.6. The van der Waals surface area contributed by atoms with Crippen molar-refractivity contribution in [3.05, 3.63) is 64.1 Å². The predicted molar refractivity (Wildman–Crippen MR) is 84.1 cm³/mol. The summed E-state index contributed by atoms with van der Waals surface area (Å²) in [5.41, 5.74) is 1.58. The van der Waals surface area contributed by atoms with Gasteiger partial charge in [0.25, 0.3) is 11.6 Å². The van der Waals surface area contributed by atoms with Crippen molar-refractivity contribution < 1.29 is 14.1 Å². The van der Waals surface area contributed by atoms with Crippen molar-refractivity contribution in [2.45, 2.75) is 31.7 Å². The lowest BCUT2D eigenvalue weighted by Crippen LogP contribution is -2.38. The third kappa shape index (κ3) is 3.59. The minimum atomic E-state index is -0.473. The van der Waals surface area contributed by atoms with E-state index in [0.29, 0.717) is 11.5 Å². The van der Waals surface area contributed by atoms with E-state index in [1.165, 1.54) is 24.3 Å². The Kier molecular flexibility index (Phi) is 4.41. The van der Waals surface area contributed by atoms with Crippen molar-refractivity contribution >= 4 is 11.6 Å². The van der Waals surface area contributed by atoms with E-state index in [9.17, 15) is 14.9 Å². The minimum Gasteiger partial charge on any atom is -0.472 e. The molecule has 0 aliphatic heterocycles. The second-order valence-corrected chi connectivity index (χ2v) is 5.91. The molecule has 1 fully saturated rings. The smallest absolute Gasteiger partial charge is 0.269 e. The van der Waals surface area contributed by atoms with Crippen LogP contribution in [0.3, 0.4) is 0 Å². The lowest BCUT2D eigenvalue weighted by Gasteiger charge is -2.20. The quantitative estimate of drug-likeness (QED) is 0.677. The molecule has 0 radical (unpaired) electrons. The van der Waals surface area contributed by atoms with Crippen LogP contribution in [0, 0.1) is 16.0 Å². The summed E-state index contributed by atoms with van der Waals surface area (Å²) < 4.78 is 5.10. The highest BCUT2D eigenvalue weighted by atomic mass is 16.6. The molecular formula is C17H18N2O4. The molecule has 2 aromatic rings. The standard InChI is InChI=1S/C17H18N2O4/c20-17(13-4-6-15(7-5-13)19(21)22)18-16-3-1-2-14(16)10-12-8-9-23-11-12/h4-9,11,14,16H,1-3,10H2,(H,18,20). The highest BCUT2D eigenvalue weighted by Gasteiger charge is 2.29. The molecule has 1 aromatic heterocycles. The van der Waals surface area contributed by atoms with Gasteiger partial charge in [0.05, 0.1) is 17.4 Å². The third-order valence-corrected chi connectivity index (χ3v) is 4.39. The summed E-state index contributed by atoms with van der Waals surface area (Å²) in [4.78, 5) is 22.5. The van der Waals surface area contributed by atoms with Gasteiger partial charge in [-0.3, -0.25) is 14.9 Å². The molecule has 6 nitrogen and oxygen atoms in total. The van der Waals surface area contributed by atoms with Crippen LogP contribution in [-0.2, 0) is 6.42 Å². The van der Waals surface area contributed by atoms with Gasteiger partial charge in [0.1, 0.15) is 0 Å². The number of hydrogen-bond acceptors (Lipinski definition) is 4. The monoisotopic (exact) mass is 314 g/mol. The molecule has 0 saturated heterocycles. The van der Waals surface area contributed by atoms with Crippen LogP contribution in [-0.4, -0.2) is 16.9 Å². The van der Waals surface area contributed by atoms with Crippen molar-refractivity contribution in [3.63, 3.8) is 0 Å². The first-order valence-corrected chi connectivity index (χ1v) is 7.70. The molecule has 1 aliphatic rings. The molecule has 1 aromatic carbocycles. The van der Waals surface area contributed by atoms with Crippen LogP contribution in [0.4, 0.5) is 5.69 Å². The van der Waals surface area contributed by atoms with Crippen LogP contribution >= 0.6 is 0 Å². The lowest BCUT2D eigenvalue weighted by molar-refractivity contribution is -0.384. The van der Waals surface area contributed by atoms with Gasteiger partial charge in [0.15, 0.2) is 0 Å². The fraction of sp³-hybridized carbons (Fsp3) is 0.353. The van der Waals surface area contributed by atoms with Crippen LogP contribution in [0.2, 0.25) is 0 Å². The third-order valence-electron chi connectivity index (χ3n) is 4.39. The molecule has 1 amide bonds. The number of nitro benzene ring substituents is 1. The summed E-state index contributed by atoms with van der Waals surface area (Å²) in [6, 6.07) is 7.78. The topological polar surface area (TPSA) is 85.4 Å². The minimum absolute atomic E-state index is 0.0137. The van der Waals surface area contributed by atoms with Crippen LogP contribution in [0.5, 0.6) is 0 Å². The van der Waals surface area contributed by atoms with Crippen molar-refractivity contribution in [2.75, 3.05) is 0 Å². The SMILES string of the molecule is O=C(NC1CCCC1Cc1ccoc1)c1ccc([N+](=O)[O-])cc1. The summed E-state index contributed by atoms with van der Waals surface area (Å²) in [7, 11) is 0. The average molecular weight is 314 g/mol.